The second-order valence-electron chi connectivity index (χ2n) is 4.56. The Morgan fingerprint density at radius 3 is 2.61 bits per heavy atom. The fraction of sp³-hybridized carbons (Fsp3) is 0.538. The number of piperidine rings is 1. The number of Topliss-reactive ketones (excluding diaryl/α,β-unsaturated/α-hetero) is 1. The van der Waals surface area contributed by atoms with Crippen LogP contribution >= 0.6 is 11.3 Å². The molecule has 98 valence electrons. The molecule has 2 heterocycles. The summed E-state index contributed by atoms with van der Waals surface area (Å²) in [6.07, 6.45) is 3.28. The van der Waals surface area contributed by atoms with Crippen molar-refractivity contribution in [3.8, 4) is 0 Å². The molecule has 0 aromatic carbocycles. The van der Waals surface area contributed by atoms with Crippen LogP contribution in [0.3, 0.4) is 0 Å². The van der Waals surface area contributed by atoms with Gasteiger partial charge in [-0.15, -0.1) is 11.3 Å². The van der Waals surface area contributed by atoms with Crippen LogP contribution in [0.15, 0.2) is 17.5 Å². The minimum atomic E-state index is -0.887. The van der Waals surface area contributed by atoms with Crippen molar-refractivity contribution < 1.29 is 14.7 Å². The van der Waals surface area contributed by atoms with Crippen LogP contribution < -0.4 is 0 Å². The van der Waals surface area contributed by atoms with Gasteiger partial charge in [-0.25, -0.2) is 0 Å². The van der Waals surface area contributed by atoms with Crippen molar-refractivity contribution in [2.45, 2.75) is 31.7 Å². The van der Waals surface area contributed by atoms with Crippen molar-refractivity contribution >= 4 is 23.1 Å². The minimum Gasteiger partial charge on any atom is -0.480 e. The molecule has 1 fully saturated rings. The number of hydrogen-bond acceptors (Lipinski definition) is 4. The molecule has 0 aliphatic carbocycles. The second-order valence-corrected chi connectivity index (χ2v) is 5.50. The predicted octanol–water partition coefficient (Wildman–Crippen LogP) is 2.26. The third-order valence-corrected chi connectivity index (χ3v) is 4.20. The van der Waals surface area contributed by atoms with Crippen LogP contribution in [0.2, 0.25) is 0 Å². The van der Waals surface area contributed by atoms with Gasteiger partial charge in [0.1, 0.15) is 6.04 Å². The first kappa shape index (κ1) is 13.2. The maximum absolute atomic E-state index is 12.0. The van der Waals surface area contributed by atoms with Gasteiger partial charge in [-0.1, -0.05) is 12.5 Å². The lowest BCUT2D eigenvalue weighted by atomic mass is 10.0. The van der Waals surface area contributed by atoms with E-state index in [1.165, 1.54) is 11.3 Å². The zero-order valence-corrected chi connectivity index (χ0v) is 11.0. The van der Waals surface area contributed by atoms with E-state index in [1.54, 1.807) is 6.07 Å². The molecular formula is C13H17NO3S. The van der Waals surface area contributed by atoms with Crippen molar-refractivity contribution in [1.29, 1.82) is 0 Å². The Balaban J connectivity index is 2.02. The van der Waals surface area contributed by atoms with Gasteiger partial charge < -0.3 is 5.11 Å². The van der Waals surface area contributed by atoms with Crippen LogP contribution in [0.25, 0.3) is 0 Å². The number of thiophene rings is 1. The smallest absolute Gasteiger partial charge is 0.321 e. The molecule has 4 nitrogen and oxygen atoms in total. The van der Waals surface area contributed by atoms with E-state index in [0.29, 0.717) is 4.88 Å². The highest BCUT2D eigenvalue weighted by Crippen LogP contribution is 2.18. The lowest BCUT2D eigenvalue weighted by molar-refractivity contribution is -0.143. The standard InChI is InChI=1S/C13H17NO3S/c15-11(12-5-4-8-18-12)9-10(13(16)17)14-6-2-1-3-7-14/h4-5,8,10H,1-3,6-7,9H2,(H,16,17). The quantitative estimate of drug-likeness (QED) is 0.831. The number of carbonyl (C=O) groups excluding carboxylic acids is 1. The summed E-state index contributed by atoms with van der Waals surface area (Å²) < 4.78 is 0. The highest BCUT2D eigenvalue weighted by Gasteiger charge is 2.29. The molecule has 1 aromatic rings. The van der Waals surface area contributed by atoms with E-state index in [0.717, 1.165) is 32.4 Å². The van der Waals surface area contributed by atoms with E-state index >= 15 is 0 Å². The molecular weight excluding hydrogens is 250 g/mol. The number of carboxylic acid groups (broad SMARTS) is 1. The van der Waals surface area contributed by atoms with Gasteiger partial charge >= 0.3 is 5.97 Å². The molecule has 0 spiro atoms. The van der Waals surface area contributed by atoms with Crippen molar-refractivity contribution in [3.63, 3.8) is 0 Å². The average molecular weight is 267 g/mol. The summed E-state index contributed by atoms with van der Waals surface area (Å²) in [4.78, 5) is 25.9. The number of likely N-dealkylation sites (tertiary alicyclic amines) is 1. The molecule has 1 aromatic heterocycles. The molecule has 0 radical (unpaired) electrons. The third kappa shape index (κ3) is 3.17. The van der Waals surface area contributed by atoms with Crippen LogP contribution in [0, 0.1) is 0 Å². The van der Waals surface area contributed by atoms with Gasteiger partial charge in [0.25, 0.3) is 0 Å². The van der Waals surface area contributed by atoms with Gasteiger partial charge in [-0.3, -0.25) is 14.5 Å². The first-order valence-corrected chi connectivity index (χ1v) is 7.10. The molecule has 18 heavy (non-hydrogen) atoms. The van der Waals surface area contributed by atoms with Gasteiger partial charge in [-0.2, -0.15) is 0 Å². The van der Waals surface area contributed by atoms with Crippen LogP contribution in [0.5, 0.6) is 0 Å². The zero-order valence-electron chi connectivity index (χ0n) is 10.2. The summed E-state index contributed by atoms with van der Waals surface area (Å²) in [5.74, 6) is -0.954. The maximum Gasteiger partial charge on any atom is 0.321 e. The van der Waals surface area contributed by atoms with E-state index in [4.69, 9.17) is 0 Å². The molecule has 1 saturated heterocycles. The minimum absolute atomic E-state index is 0.0667. The second kappa shape index (κ2) is 6.11. The molecule has 1 atom stereocenters. The van der Waals surface area contributed by atoms with E-state index in [1.807, 2.05) is 16.3 Å². The summed E-state index contributed by atoms with van der Waals surface area (Å²) >= 11 is 1.37. The fourth-order valence-electron chi connectivity index (χ4n) is 2.32. The van der Waals surface area contributed by atoms with Gasteiger partial charge in [0, 0.05) is 6.42 Å². The Hall–Kier alpha value is -1.20. The molecule has 2 rings (SSSR count). The summed E-state index contributed by atoms with van der Waals surface area (Å²) in [6.45, 7) is 1.57. The Morgan fingerprint density at radius 2 is 2.06 bits per heavy atom. The van der Waals surface area contributed by atoms with Gasteiger partial charge in [0.2, 0.25) is 0 Å². The zero-order chi connectivity index (χ0) is 13.0. The molecule has 5 heteroatoms. The van der Waals surface area contributed by atoms with Gasteiger partial charge in [0.15, 0.2) is 5.78 Å². The van der Waals surface area contributed by atoms with Crippen molar-refractivity contribution in [3.05, 3.63) is 22.4 Å². The van der Waals surface area contributed by atoms with Crippen molar-refractivity contribution in [2.75, 3.05) is 13.1 Å². The Morgan fingerprint density at radius 1 is 1.33 bits per heavy atom. The van der Waals surface area contributed by atoms with Gasteiger partial charge in [-0.05, 0) is 37.4 Å². The van der Waals surface area contributed by atoms with E-state index in [2.05, 4.69) is 0 Å². The number of aliphatic carboxylic acids is 1. The number of hydrogen-bond donors (Lipinski definition) is 1. The number of ketones is 1. The fourth-order valence-corrected chi connectivity index (χ4v) is 2.99. The summed E-state index contributed by atoms with van der Waals surface area (Å²) in [7, 11) is 0. The summed E-state index contributed by atoms with van der Waals surface area (Å²) in [5.41, 5.74) is 0. The maximum atomic E-state index is 12.0. The largest absolute Gasteiger partial charge is 0.480 e. The lowest BCUT2D eigenvalue weighted by Crippen LogP contribution is -2.45. The van der Waals surface area contributed by atoms with E-state index < -0.39 is 12.0 Å². The van der Waals surface area contributed by atoms with Crippen LogP contribution in [-0.2, 0) is 4.79 Å². The van der Waals surface area contributed by atoms with Gasteiger partial charge in [0.05, 0.1) is 4.88 Å². The van der Waals surface area contributed by atoms with E-state index in [9.17, 15) is 14.7 Å². The molecule has 0 bridgehead atoms. The molecule has 1 aliphatic heterocycles. The Kier molecular flexibility index (Phi) is 4.49. The molecule has 1 aliphatic rings. The van der Waals surface area contributed by atoms with E-state index in [-0.39, 0.29) is 12.2 Å². The van der Waals surface area contributed by atoms with Crippen molar-refractivity contribution in [2.24, 2.45) is 0 Å². The average Bonchev–Trinajstić information content (AvgIpc) is 2.90. The topological polar surface area (TPSA) is 57.6 Å². The SMILES string of the molecule is O=C(CC(C(=O)O)N1CCCCC1)c1cccs1. The summed E-state index contributed by atoms with van der Waals surface area (Å²) in [6, 6.07) is 2.90. The highest BCUT2D eigenvalue weighted by molar-refractivity contribution is 7.12. The van der Waals surface area contributed by atoms with Crippen LogP contribution in [-0.4, -0.2) is 40.9 Å². The number of rotatable bonds is 5. The number of carbonyl (C=O) groups is 2. The summed E-state index contributed by atoms with van der Waals surface area (Å²) in [5, 5.41) is 11.1. The Labute approximate surface area is 110 Å². The normalized spacial score (nSPS) is 18.4. The van der Waals surface area contributed by atoms with Crippen molar-refractivity contribution in [1.82, 2.24) is 4.90 Å². The van der Waals surface area contributed by atoms with Crippen LogP contribution in [0.1, 0.15) is 35.4 Å². The lowest BCUT2D eigenvalue weighted by Gasteiger charge is -2.31. The highest BCUT2D eigenvalue weighted by atomic mass is 32.1. The first-order chi connectivity index (χ1) is 8.68. The number of nitrogens with zero attached hydrogens (tertiary/aromatic N) is 1. The van der Waals surface area contributed by atoms with Crippen LogP contribution in [0.4, 0.5) is 0 Å². The molecule has 0 saturated carbocycles. The monoisotopic (exact) mass is 267 g/mol. The Bertz CT molecular complexity index is 410. The predicted molar refractivity (Wildman–Crippen MR) is 70.1 cm³/mol. The third-order valence-electron chi connectivity index (χ3n) is 3.29. The molecule has 0 amide bonds. The molecule has 1 unspecified atom stereocenters. The first-order valence-electron chi connectivity index (χ1n) is 6.22. The molecule has 1 N–H and O–H groups in total. The number of carboxylic acids is 1.